The van der Waals surface area contributed by atoms with Crippen LogP contribution in [0.25, 0.3) is 0 Å². The average Bonchev–Trinajstić information content (AvgIpc) is 2.55. The molecule has 0 spiro atoms. The summed E-state index contributed by atoms with van der Waals surface area (Å²) in [4.78, 5) is 27.6. The molecule has 1 fully saturated rings. The van der Waals surface area contributed by atoms with E-state index in [1.54, 1.807) is 25.9 Å². The van der Waals surface area contributed by atoms with Crippen LogP contribution in [0.5, 0.6) is 5.75 Å². The summed E-state index contributed by atoms with van der Waals surface area (Å²) in [6.45, 7) is 4.98. The number of aliphatic hydroxyl groups excluding tert-OH is 1. The smallest absolute Gasteiger partial charge is 0.252 e. The third-order valence-electron chi connectivity index (χ3n) is 4.02. The molecule has 2 amide bonds. The highest BCUT2D eigenvalue weighted by atomic mass is 16.5. The third-order valence-corrected chi connectivity index (χ3v) is 4.02. The minimum absolute atomic E-state index is 0.0204. The quantitative estimate of drug-likeness (QED) is 0.874. The first-order chi connectivity index (χ1) is 10.9. The van der Waals surface area contributed by atoms with Crippen molar-refractivity contribution in [2.24, 2.45) is 5.92 Å². The van der Waals surface area contributed by atoms with E-state index in [1.807, 2.05) is 24.3 Å². The van der Waals surface area contributed by atoms with Crippen molar-refractivity contribution in [2.45, 2.75) is 26.5 Å². The van der Waals surface area contributed by atoms with Crippen LogP contribution >= 0.6 is 0 Å². The van der Waals surface area contributed by atoms with Crippen LogP contribution in [0.15, 0.2) is 24.3 Å². The average molecular weight is 320 g/mol. The molecule has 1 heterocycles. The second-order valence-electron chi connectivity index (χ2n) is 6.12. The standard InChI is InChI=1S/C17H24N2O4/c1-12(2)16(21)17(22)19-8-7-18(15(20)11-19)10-13-5-4-6-14(9-13)23-3/h4-6,9,12,16,21H,7-8,10-11H2,1-3H3/t16-/m0/s1. The molecular formula is C17H24N2O4. The van der Waals surface area contributed by atoms with Gasteiger partial charge in [-0.25, -0.2) is 0 Å². The van der Waals surface area contributed by atoms with Crippen molar-refractivity contribution in [3.8, 4) is 5.75 Å². The van der Waals surface area contributed by atoms with Crippen LogP contribution in [0.3, 0.4) is 0 Å². The van der Waals surface area contributed by atoms with Crippen LogP contribution in [-0.2, 0) is 16.1 Å². The highest BCUT2D eigenvalue weighted by Gasteiger charge is 2.31. The number of aliphatic hydroxyl groups is 1. The fourth-order valence-electron chi connectivity index (χ4n) is 2.53. The number of carbonyl (C=O) groups excluding carboxylic acids is 2. The lowest BCUT2D eigenvalue weighted by Crippen LogP contribution is -2.54. The molecule has 23 heavy (non-hydrogen) atoms. The molecule has 6 nitrogen and oxygen atoms in total. The molecule has 0 radical (unpaired) electrons. The van der Waals surface area contributed by atoms with Crippen molar-refractivity contribution in [3.63, 3.8) is 0 Å². The summed E-state index contributed by atoms with van der Waals surface area (Å²) in [7, 11) is 1.61. The topological polar surface area (TPSA) is 70.1 Å². The van der Waals surface area contributed by atoms with Crippen LogP contribution in [0.4, 0.5) is 0 Å². The third kappa shape index (κ3) is 4.22. The van der Waals surface area contributed by atoms with Crippen molar-refractivity contribution in [1.82, 2.24) is 9.80 Å². The van der Waals surface area contributed by atoms with Gasteiger partial charge >= 0.3 is 0 Å². The SMILES string of the molecule is COc1cccc(CN2CCN(C(=O)[C@@H](O)C(C)C)CC2=O)c1. The van der Waals surface area contributed by atoms with Gasteiger partial charge in [-0.2, -0.15) is 0 Å². The van der Waals surface area contributed by atoms with E-state index in [2.05, 4.69) is 0 Å². The van der Waals surface area contributed by atoms with Gasteiger partial charge in [0.25, 0.3) is 5.91 Å². The van der Waals surface area contributed by atoms with Crippen molar-refractivity contribution in [3.05, 3.63) is 29.8 Å². The predicted molar refractivity (Wildman–Crippen MR) is 85.8 cm³/mol. The summed E-state index contributed by atoms with van der Waals surface area (Å²) in [5.74, 6) is 0.119. The second-order valence-corrected chi connectivity index (χ2v) is 6.12. The number of benzene rings is 1. The van der Waals surface area contributed by atoms with Gasteiger partial charge in [-0.05, 0) is 23.6 Å². The maximum atomic E-state index is 12.3. The molecule has 6 heteroatoms. The van der Waals surface area contributed by atoms with Gasteiger partial charge in [0.2, 0.25) is 5.91 Å². The van der Waals surface area contributed by atoms with Crippen LogP contribution in [0.1, 0.15) is 19.4 Å². The van der Waals surface area contributed by atoms with Crippen molar-refractivity contribution in [1.29, 1.82) is 0 Å². The molecule has 1 N–H and O–H groups in total. The number of hydrogen-bond donors (Lipinski definition) is 1. The number of nitrogens with zero attached hydrogens (tertiary/aromatic N) is 2. The number of rotatable bonds is 5. The Labute approximate surface area is 136 Å². The Bertz CT molecular complexity index is 573. The molecule has 0 aliphatic carbocycles. The first-order valence-electron chi connectivity index (χ1n) is 7.80. The summed E-state index contributed by atoms with van der Waals surface area (Å²) < 4.78 is 5.18. The zero-order valence-corrected chi connectivity index (χ0v) is 13.9. The Morgan fingerprint density at radius 2 is 2.09 bits per heavy atom. The summed E-state index contributed by atoms with van der Waals surface area (Å²) in [5.41, 5.74) is 0.986. The van der Waals surface area contributed by atoms with Gasteiger partial charge in [0.1, 0.15) is 11.9 Å². The fourth-order valence-corrected chi connectivity index (χ4v) is 2.53. The van der Waals surface area contributed by atoms with Gasteiger partial charge in [-0.15, -0.1) is 0 Å². The van der Waals surface area contributed by atoms with Gasteiger partial charge in [0.15, 0.2) is 0 Å². The van der Waals surface area contributed by atoms with Crippen LogP contribution in [-0.4, -0.2) is 59.6 Å². The fraction of sp³-hybridized carbons (Fsp3) is 0.529. The number of piperazine rings is 1. The van der Waals surface area contributed by atoms with E-state index < -0.39 is 6.10 Å². The van der Waals surface area contributed by atoms with E-state index >= 15 is 0 Å². The maximum absolute atomic E-state index is 12.3. The summed E-state index contributed by atoms with van der Waals surface area (Å²) >= 11 is 0. The number of ether oxygens (including phenoxy) is 1. The largest absolute Gasteiger partial charge is 0.497 e. The highest BCUT2D eigenvalue weighted by Crippen LogP contribution is 2.16. The first-order valence-corrected chi connectivity index (χ1v) is 7.80. The van der Waals surface area contributed by atoms with Gasteiger partial charge in [0.05, 0.1) is 13.7 Å². The van der Waals surface area contributed by atoms with Crippen molar-refractivity contribution >= 4 is 11.8 Å². The number of carbonyl (C=O) groups is 2. The molecular weight excluding hydrogens is 296 g/mol. The van der Waals surface area contributed by atoms with Crippen LogP contribution in [0, 0.1) is 5.92 Å². The lowest BCUT2D eigenvalue weighted by atomic mass is 10.1. The Balaban J connectivity index is 1.96. The molecule has 0 saturated carbocycles. The molecule has 0 bridgehead atoms. The van der Waals surface area contributed by atoms with E-state index in [0.717, 1.165) is 11.3 Å². The van der Waals surface area contributed by atoms with Crippen molar-refractivity contribution < 1.29 is 19.4 Å². The molecule has 0 aromatic heterocycles. The van der Waals surface area contributed by atoms with E-state index in [1.165, 1.54) is 4.90 Å². The van der Waals surface area contributed by atoms with E-state index in [0.29, 0.717) is 19.6 Å². The number of methoxy groups -OCH3 is 1. The molecule has 1 aromatic carbocycles. The Morgan fingerprint density at radius 3 is 2.70 bits per heavy atom. The lowest BCUT2D eigenvalue weighted by Gasteiger charge is -2.35. The van der Waals surface area contributed by atoms with E-state index in [4.69, 9.17) is 4.74 Å². The number of hydrogen-bond acceptors (Lipinski definition) is 4. The van der Waals surface area contributed by atoms with E-state index in [9.17, 15) is 14.7 Å². The maximum Gasteiger partial charge on any atom is 0.252 e. The molecule has 0 unspecified atom stereocenters. The Kier molecular flexibility index (Phi) is 5.60. The zero-order valence-electron chi connectivity index (χ0n) is 13.9. The molecule has 2 rings (SSSR count). The minimum Gasteiger partial charge on any atom is -0.497 e. The Hall–Kier alpha value is -2.08. The lowest BCUT2D eigenvalue weighted by molar-refractivity contribution is -0.152. The normalized spacial score (nSPS) is 16.7. The van der Waals surface area contributed by atoms with Gasteiger partial charge in [-0.3, -0.25) is 9.59 Å². The molecule has 126 valence electrons. The van der Waals surface area contributed by atoms with E-state index in [-0.39, 0.29) is 24.3 Å². The molecule has 1 aliphatic heterocycles. The monoisotopic (exact) mass is 320 g/mol. The van der Waals surface area contributed by atoms with Gasteiger partial charge in [0, 0.05) is 19.6 Å². The molecule has 1 aromatic rings. The summed E-state index contributed by atoms with van der Waals surface area (Å²) in [6.07, 6.45) is -1.05. The highest BCUT2D eigenvalue weighted by molar-refractivity contribution is 5.88. The first kappa shape index (κ1) is 17.3. The van der Waals surface area contributed by atoms with Gasteiger partial charge in [-0.1, -0.05) is 26.0 Å². The van der Waals surface area contributed by atoms with Gasteiger partial charge < -0.3 is 19.6 Å². The molecule has 1 atom stereocenters. The Morgan fingerprint density at radius 1 is 1.35 bits per heavy atom. The van der Waals surface area contributed by atoms with Crippen molar-refractivity contribution in [2.75, 3.05) is 26.7 Å². The molecule has 1 saturated heterocycles. The predicted octanol–water partition coefficient (Wildman–Crippen LogP) is 0.883. The van der Waals surface area contributed by atoms with Crippen LogP contribution in [0.2, 0.25) is 0 Å². The van der Waals surface area contributed by atoms with Crippen LogP contribution < -0.4 is 4.74 Å². The zero-order chi connectivity index (χ0) is 17.0. The summed E-state index contributed by atoms with van der Waals surface area (Å²) in [5, 5.41) is 9.86. The minimum atomic E-state index is -1.05. The number of amides is 2. The molecule has 1 aliphatic rings. The second kappa shape index (κ2) is 7.46. The summed E-state index contributed by atoms with van der Waals surface area (Å²) in [6, 6.07) is 7.58.